The van der Waals surface area contributed by atoms with Gasteiger partial charge in [-0.15, -0.1) is 0 Å². The molecule has 0 aromatic heterocycles. The topological polar surface area (TPSA) is 67.9 Å². The van der Waals surface area contributed by atoms with Crippen molar-refractivity contribution in [3.63, 3.8) is 0 Å². The quantitative estimate of drug-likeness (QED) is 0.572. The third-order valence-corrected chi connectivity index (χ3v) is 3.63. The Labute approximate surface area is 159 Å². The molecule has 0 unspecified atom stereocenters. The van der Waals surface area contributed by atoms with E-state index < -0.39 is 11.9 Å². The predicted molar refractivity (Wildman–Crippen MR) is 107 cm³/mol. The van der Waals surface area contributed by atoms with E-state index in [2.05, 4.69) is 5.32 Å². The molecule has 0 bridgehead atoms. The van der Waals surface area contributed by atoms with Crippen molar-refractivity contribution in [3.05, 3.63) is 60.2 Å². The number of carbonyl (C=O) groups is 2. The Kier molecular flexibility index (Phi) is 7.43. The fourth-order valence-corrected chi connectivity index (χ4v) is 2.29. The predicted octanol–water partition coefficient (Wildman–Crippen LogP) is 3.35. The molecule has 27 heavy (non-hydrogen) atoms. The Morgan fingerprint density at radius 1 is 1.07 bits per heavy atom. The molecule has 0 aliphatic carbocycles. The molecule has 0 atom stereocenters. The van der Waals surface area contributed by atoms with Gasteiger partial charge in [0, 0.05) is 37.1 Å². The van der Waals surface area contributed by atoms with Crippen LogP contribution in [-0.2, 0) is 14.3 Å². The molecule has 0 fully saturated rings. The Morgan fingerprint density at radius 3 is 2.44 bits per heavy atom. The lowest BCUT2D eigenvalue weighted by Gasteiger charge is -2.13. The van der Waals surface area contributed by atoms with E-state index in [9.17, 15) is 9.59 Å². The van der Waals surface area contributed by atoms with Gasteiger partial charge in [-0.05, 0) is 43.3 Å². The molecular formula is C21H24N2O4. The first-order valence-electron chi connectivity index (χ1n) is 8.63. The number of benzene rings is 2. The standard InChI is InChI=1S/C21H24N2O4/c1-4-26-19-8-6-5-7-16(19)9-14-21(25)27-15-20(24)22-17-10-12-18(13-11-17)23(2)3/h5-14H,4,15H2,1-3H3,(H,22,24)/b14-9+. The van der Waals surface area contributed by atoms with Crippen LogP contribution < -0.4 is 15.0 Å². The van der Waals surface area contributed by atoms with Crippen molar-refractivity contribution in [2.24, 2.45) is 0 Å². The number of hydrogen-bond acceptors (Lipinski definition) is 5. The highest BCUT2D eigenvalue weighted by Crippen LogP contribution is 2.19. The maximum Gasteiger partial charge on any atom is 0.331 e. The summed E-state index contributed by atoms with van der Waals surface area (Å²) < 4.78 is 10.5. The second-order valence-electron chi connectivity index (χ2n) is 5.90. The Hall–Kier alpha value is -3.28. The largest absolute Gasteiger partial charge is 0.493 e. The summed E-state index contributed by atoms with van der Waals surface area (Å²) in [7, 11) is 3.88. The van der Waals surface area contributed by atoms with Crippen molar-refractivity contribution in [1.29, 1.82) is 0 Å². The van der Waals surface area contributed by atoms with E-state index in [0.717, 1.165) is 11.3 Å². The van der Waals surface area contributed by atoms with Crippen LogP contribution in [0.2, 0.25) is 0 Å². The summed E-state index contributed by atoms with van der Waals surface area (Å²) in [5.74, 6) is -0.313. The maximum absolute atomic E-state index is 11.9. The average molecular weight is 368 g/mol. The van der Waals surface area contributed by atoms with E-state index in [0.29, 0.717) is 18.0 Å². The smallest absolute Gasteiger partial charge is 0.331 e. The molecule has 0 saturated heterocycles. The van der Waals surface area contributed by atoms with Gasteiger partial charge in [-0.25, -0.2) is 4.79 Å². The fraction of sp³-hybridized carbons (Fsp3) is 0.238. The maximum atomic E-state index is 11.9. The van der Waals surface area contributed by atoms with Gasteiger partial charge < -0.3 is 19.7 Å². The SMILES string of the molecule is CCOc1ccccc1/C=C/C(=O)OCC(=O)Nc1ccc(N(C)C)cc1. The normalized spacial score (nSPS) is 10.5. The highest BCUT2D eigenvalue weighted by Gasteiger charge is 2.07. The first-order valence-corrected chi connectivity index (χ1v) is 8.63. The van der Waals surface area contributed by atoms with Crippen molar-refractivity contribution in [3.8, 4) is 5.75 Å². The van der Waals surface area contributed by atoms with E-state index in [4.69, 9.17) is 9.47 Å². The zero-order chi connectivity index (χ0) is 19.6. The lowest BCUT2D eigenvalue weighted by molar-refractivity contribution is -0.142. The van der Waals surface area contributed by atoms with Crippen molar-refractivity contribution < 1.29 is 19.1 Å². The van der Waals surface area contributed by atoms with Gasteiger partial charge in [-0.3, -0.25) is 4.79 Å². The molecule has 0 heterocycles. The lowest BCUT2D eigenvalue weighted by atomic mass is 10.2. The highest BCUT2D eigenvalue weighted by atomic mass is 16.5. The van der Waals surface area contributed by atoms with Gasteiger partial charge in [-0.2, -0.15) is 0 Å². The van der Waals surface area contributed by atoms with Crippen molar-refractivity contribution in [2.45, 2.75) is 6.92 Å². The number of carbonyl (C=O) groups excluding carboxylic acids is 2. The summed E-state index contributed by atoms with van der Waals surface area (Å²) >= 11 is 0. The van der Waals surface area contributed by atoms with Gasteiger partial charge in [0.1, 0.15) is 5.75 Å². The zero-order valence-electron chi connectivity index (χ0n) is 15.8. The number of ether oxygens (including phenoxy) is 2. The van der Waals surface area contributed by atoms with Crippen LogP contribution in [0.15, 0.2) is 54.6 Å². The molecule has 6 heteroatoms. The van der Waals surface area contributed by atoms with E-state index in [1.54, 1.807) is 18.2 Å². The van der Waals surface area contributed by atoms with Crippen molar-refractivity contribution in [2.75, 3.05) is 37.5 Å². The summed E-state index contributed by atoms with van der Waals surface area (Å²) in [6.07, 6.45) is 2.88. The van der Waals surface area contributed by atoms with Gasteiger partial charge >= 0.3 is 5.97 Å². The molecular weight excluding hydrogens is 344 g/mol. The van der Waals surface area contributed by atoms with Gasteiger partial charge in [-0.1, -0.05) is 18.2 Å². The summed E-state index contributed by atoms with van der Waals surface area (Å²) in [6, 6.07) is 14.7. The van der Waals surface area contributed by atoms with Crippen LogP contribution in [0.5, 0.6) is 5.75 Å². The molecule has 0 aliphatic rings. The van der Waals surface area contributed by atoms with Gasteiger partial charge in [0.15, 0.2) is 6.61 Å². The monoisotopic (exact) mass is 368 g/mol. The van der Waals surface area contributed by atoms with Crippen molar-refractivity contribution >= 4 is 29.3 Å². The molecule has 0 spiro atoms. The van der Waals surface area contributed by atoms with Gasteiger partial charge in [0.2, 0.25) is 0 Å². The number of nitrogens with zero attached hydrogens (tertiary/aromatic N) is 1. The summed E-state index contributed by atoms with van der Waals surface area (Å²) in [4.78, 5) is 25.7. The molecule has 0 aliphatic heterocycles. The molecule has 1 N–H and O–H groups in total. The zero-order valence-corrected chi connectivity index (χ0v) is 15.8. The molecule has 2 aromatic carbocycles. The van der Waals surface area contributed by atoms with Crippen LogP contribution in [0.25, 0.3) is 6.08 Å². The summed E-state index contributed by atoms with van der Waals surface area (Å²) in [5, 5.41) is 2.68. The van der Waals surface area contributed by atoms with E-state index in [-0.39, 0.29) is 6.61 Å². The third-order valence-electron chi connectivity index (χ3n) is 3.63. The van der Waals surface area contributed by atoms with Crippen LogP contribution >= 0.6 is 0 Å². The second kappa shape index (κ2) is 10.0. The van der Waals surface area contributed by atoms with Crippen LogP contribution in [0.4, 0.5) is 11.4 Å². The minimum absolute atomic E-state index is 0.355. The Bertz CT molecular complexity index is 798. The molecule has 1 amide bonds. The van der Waals surface area contributed by atoms with Crippen LogP contribution in [-0.4, -0.2) is 39.2 Å². The molecule has 0 saturated carbocycles. The Morgan fingerprint density at radius 2 is 1.78 bits per heavy atom. The number of para-hydroxylation sites is 1. The molecule has 2 rings (SSSR count). The second-order valence-corrected chi connectivity index (χ2v) is 5.90. The molecule has 6 nitrogen and oxygen atoms in total. The van der Waals surface area contributed by atoms with Crippen LogP contribution in [0.1, 0.15) is 12.5 Å². The number of amides is 1. The minimum Gasteiger partial charge on any atom is -0.493 e. The lowest BCUT2D eigenvalue weighted by Crippen LogP contribution is -2.20. The van der Waals surface area contributed by atoms with Gasteiger partial charge in [0.25, 0.3) is 5.91 Å². The van der Waals surface area contributed by atoms with Crippen LogP contribution in [0.3, 0.4) is 0 Å². The van der Waals surface area contributed by atoms with Crippen molar-refractivity contribution in [1.82, 2.24) is 0 Å². The average Bonchev–Trinajstić information content (AvgIpc) is 2.66. The Balaban J connectivity index is 1.83. The number of esters is 1. The van der Waals surface area contributed by atoms with E-state index in [1.165, 1.54) is 6.08 Å². The number of anilines is 2. The summed E-state index contributed by atoms with van der Waals surface area (Å²) in [5.41, 5.74) is 2.43. The summed E-state index contributed by atoms with van der Waals surface area (Å²) in [6.45, 7) is 2.07. The highest BCUT2D eigenvalue weighted by molar-refractivity contribution is 5.94. The molecule has 142 valence electrons. The van der Waals surface area contributed by atoms with Gasteiger partial charge in [0.05, 0.1) is 6.61 Å². The minimum atomic E-state index is -0.598. The number of hydrogen-bond donors (Lipinski definition) is 1. The number of nitrogens with one attached hydrogen (secondary N) is 1. The van der Waals surface area contributed by atoms with E-state index in [1.807, 2.05) is 62.3 Å². The number of rotatable bonds is 8. The fourth-order valence-electron chi connectivity index (χ4n) is 2.29. The molecule has 2 aromatic rings. The first kappa shape index (κ1) is 20.0. The van der Waals surface area contributed by atoms with Crippen LogP contribution in [0, 0.1) is 0 Å². The molecule has 0 radical (unpaired) electrons. The third kappa shape index (κ3) is 6.51. The first-order chi connectivity index (χ1) is 13.0. The van der Waals surface area contributed by atoms with E-state index >= 15 is 0 Å².